The molecule has 11 aliphatic heterocycles. The van der Waals surface area contributed by atoms with Crippen molar-refractivity contribution < 1.29 is 24.5 Å². The van der Waals surface area contributed by atoms with Gasteiger partial charge < -0.3 is 71.6 Å². The molecular formula is C88H92N22O5. The number of piperidine rings is 1. The van der Waals surface area contributed by atoms with Crippen molar-refractivity contribution in [2.24, 2.45) is 5.92 Å². The van der Waals surface area contributed by atoms with Crippen molar-refractivity contribution in [2.75, 3.05) is 132 Å². The SMILES string of the molecule is Nc1nnc(-c2ccc(CNC(=O)[C@@H]3CCCN3CC#Cc3cc(N4C5CC4CN(c4cc(-c6ccccc6O)nnc4N)C5)ccn3)cc2O)cc1N1CC2CCC(C1)N2c1ccnc(C#CCN2CC3C(Oc4ccccc4-c4cc(N5CC6CCC(C5)N6c5ccnc(C#CCN6C[C@H]7OCC[C@H]76)c5)c(N)nn4)CCC32)c1. The standard InChI is InChI=1S/C88H92N22O5/c89-85-77(43-72(97-100-85)68-22-17-54(37-81(68)112)45-95-88(113)76-14-8-33-102(76)32-5-9-55-40-60(27-31-94-55)110-65-41-66(110)51-107(50-65)78-42-71(96-99-86(78)90)67-12-1-3-15-80(67)111)105-46-61-18-19-62(47-105)108(61)58-25-29-92-56(38-58)10-6-34-103-52-70-74(103)23-24-83(70)115-82-16-4-2-13-69(82)73-44-79(87(91)101-98-73)106-48-63-20-21-64(49-106)109(63)59-26-30-93-57(39-59)11-7-35-104-53-84-75(104)28-36-114-84/h1-4,12-13,15-17,22,25-27,29-31,37-40,42-44,61-66,70,74-76,83-84,111-112H,8,14,18-21,23-24,28,32-36,41,45-53H2,(H2,89,100)(H2,90,99)(H2,91,101)(H,95,113)/t61?,62?,63?,64?,65?,66?,70?,74?,75-,76+,83?,84-/m1/s1. The highest BCUT2D eigenvalue weighted by Gasteiger charge is 2.50. The average molecular weight is 1540 g/mol. The molecule has 12 fully saturated rings. The van der Waals surface area contributed by atoms with E-state index in [2.05, 4.69) is 168 Å². The number of carbonyl (C=O) groups is 1. The quantitative estimate of drug-likeness (QED) is 0.0483. The van der Waals surface area contributed by atoms with Crippen molar-refractivity contribution in [3.63, 3.8) is 0 Å². The molecule has 1 amide bonds. The molecule has 11 saturated heterocycles. The minimum atomic E-state index is -0.328. The van der Waals surface area contributed by atoms with Gasteiger partial charge in [-0.2, -0.15) is 0 Å². The molecule has 9 N–H and O–H groups in total. The molecule has 12 atom stereocenters. The number of fused-ring (bicyclic) bond motifs is 8. The van der Waals surface area contributed by atoms with Gasteiger partial charge >= 0.3 is 0 Å². The topological polar surface area (TPSA) is 311 Å². The third-order valence-corrected chi connectivity index (χ3v) is 26.0. The summed E-state index contributed by atoms with van der Waals surface area (Å²) < 4.78 is 12.8. The summed E-state index contributed by atoms with van der Waals surface area (Å²) in [7, 11) is 0. The maximum Gasteiger partial charge on any atom is 0.237 e. The van der Waals surface area contributed by atoms with E-state index in [1.165, 1.54) is 5.69 Å². The molecule has 27 heteroatoms. The number of phenolic OH excluding ortho intramolecular Hbond substituents is 2. The first-order chi connectivity index (χ1) is 56.4. The van der Waals surface area contributed by atoms with Crippen molar-refractivity contribution in [1.29, 1.82) is 0 Å². The van der Waals surface area contributed by atoms with E-state index in [0.29, 0.717) is 94.9 Å². The number of nitrogens with zero attached hydrogens (tertiary/aromatic N) is 18. The Bertz CT molecular complexity index is 5410. The Balaban J connectivity index is 0.416. The van der Waals surface area contributed by atoms with E-state index >= 15 is 0 Å². The van der Waals surface area contributed by atoms with E-state index in [-0.39, 0.29) is 60.3 Å². The number of hydrogen-bond donors (Lipinski definition) is 6. The van der Waals surface area contributed by atoms with Crippen LogP contribution < -0.4 is 56.7 Å². The zero-order valence-electron chi connectivity index (χ0n) is 64.1. The van der Waals surface area contributed by atoms with Crippen molar-refractivity contribution >= 4 is 57.5 Å². The summed E-state index contributed by atoms with van der Waals surface area (Å²) in [6.45, 7) is 10.2. The van der Waals surface area contributed by atoms with Gasteiger partial charge in [-0.3, -0.25) is 19.5 Å². The van der Waals surface area contributed by atoms with Gasteiger partial charge in [0.25, 0.3) is 0 Å². The van der Waals surface area contributed by atoms with E-state index in [4.69, 9.17) is 31.7 Å². The minimum absolute atomic E-state index is 0.0358. The van der Waals surface area contributed by atoms with Gasteiger partial charge in [-0.05, 0) is 185 Å². The summed E-state index contributed by atoms with van der Waals surface area (Å²) in [5.74, 6) is 22.7. The summed E-state index contributed by atoms with van der Waals surface area (Å²) in [6.07, 6.45) is 16.1. The molecule has 115 heavy (non-hydrogen) atoms. The summed E-state index contributed by atoms with van der Waals surface area (Å²) in [4.78, 5) is 49.3. The summed E-state index contributed by atoms with van der Waals surface area (Å²) >= 11 is 0. The van der Waals surface area contributed by atoms with Gasteiger partial charge in [-0.15, -0.1) is 30.6 Å². The lowest BCUT2D eigenvalue weighted by molar-refractivity contribution is -0.125. The van der Waals surface area contributed by atoms with Gasteiger partial charge in [-0.25, -0.2) is 15.0 Å². The number of rotatable bonds is 17. The predicted octanol–water partition coefficient (Wildman–Crippen LogP) is 7.43. The average Bonchev–Trinajstić information content (AvgIpc) is 1.59. The molecule has 21 rings (SSSR count). The number of pyridine rings is 3. The Hall–Kier alpha value is -12.1. The van der Waals surface area contributed by atoms with Crippen molar-refractivity contribution in [3.05, 3.63) is 163 Å². The van der Waals surface area contributed by atoms with Crippen LogP contribution in [0.5, 0.6) is 17.2 Å². The van der Waals surface area contributed by atoms with Crippen LogP contribution in [0.15, 0.2) is 140 Å². The van der Waals surface area contributed by atoms with E-state index in [0.717, 1.165) is 199 Å². The molecule has 12 aliphatic rings. The second-order valence-corrected chi connectivity index (χ2v) is 32.7. The fourth-order valence-electron chi connectivity index (χ4n) is 20.3. The van der Waals surface area contributed by atoms with Crippen LogP contribution in [0.25, 0.3) is 33.8 Å². The van der Waals surface area contributed by atoms with Crippen molar-refractivity contribution in [1.82, 2.24) is 65.6 Å². The van der Waals surface area contributed by atoms with E-state index < -0.39 is 0 Å². The van der Waals surface area contributed by atoms with Gasteiger partial charge in [0.2, 0.25) is 5.91 Å². The second-order valence-electron chi connectivity index (χ2n) is 32.7. The zero-order valence-corrected chi connectivity index (χ0v) is 64.1. The monoisotopic (exact) mass is 1540 g/mol. The molecule has 6 aromatic heterocycles. The molecule has 584 valence electrons. The maximum absolute atomic E-state index is 13.8. The van der Waals surface area contributed by atoms with Gasteiger partial charge in [0.1, 0.15) is 40.4 Å². The van der Waals surface area contributed by atoms with Crippen LogP contribution in [0, 0.1) is 41.4 Å². The van der Waals surface area contributed by atoms with E-state index in [1.807, 2.05) is 79.3 Å². The number of nitrogens with one attached hydrogen (secondary N) is 1. The summed E-state index contributed by atoms with van der Waals surface area (Å²) in [5, 5.41) is 51.8. The van der Waals surface area contributed by atoms with Gasteiger partial charge in [0.15, 0.2) is 17.5 Å². The number of nitrogens with two attached hydrogens (primary N) is 3. The van der Waals surface area contributed by atoms with Crippen molar-refractivity contribution in [2.45, 2.75) is 137 Å². The normalized spacial score (nSPS) is 25.6. The minimum Gasteiger partial charge on any atom is -0.507 e. The second kappa shape index (κ2) is 30.4. The summed E-state index contributed by atoms with van der Waals surface area (Å²) in [6, 6.07) is 41.5. The predicted molar refractivity (Wildman–Crippen MR) is 441 cm³/mol. The first-order valence-electron chi connectivity index (χ1n) is 40.7. The smallest absolute Gasteiger partial charge is 0.237 e. The first kappa shape index (κ1) is 71.9. The first-order valence-corrected chi connectivity index (χ1v) is 40.7. The fourth-order valence-corrected chi connectivity index (χ4v) is 20.3. The third kappa shape index (κ3) is 14.0. The van der Waals surface area contributed by atoms with Crippen LogP contribution in [0.3, 0.4) is 0 Å². The van der Waals surface area contributed by atoms with Crippen molar-refractivity contribution in [3.8, 4) is 86.5 Å². The number of carbonyl (C=O) groups excluding carboxylic acids is 1. The molecule has 1 saturated carbocycles. The fraction of sp³-hybridized carbons (Fsp3) is 0.409. The van der Waals surface area contributed by atoms with E-state index in [1.54, 1.807) is 18.2 Å². The number of ether oxygens (including phenoxy) is 2. The van der Waals surface area contributed by atoms with Gasteiger partial charge in [0, 0.05) is 172 Å². The van der Waals surface area contributed by atoms with Crippen LogP contribution in [0.2, 0.25) is 0 Å². The molecule has 27 nitrogen and oxygen atoms in total. The summed E-state index contributed by atoms with van der Waals surface area (Å²) in [5.41, 5.74) is 32.5. The van der Waals surface area contributed by atoms with Crippen LogP contribution in [0.4, 0.5) is 51.6 Å². The number of likely N-dealkylation sites (tertiary alicyclic amines) is 3. The number of amides is 1. The highest BCUT2D eigenvalue weighted by atomic mass is 16.5. The number of benzene rings is 3. The van der Waals surface area contributed by atoms with Crippen LogP contribution in [-0.4, -0.2) is 228 Å². The molecular weight excluding hydrogens is 1450 g/mol. The van der Waals surface area contributed by atoms with Crippen LogP contribution >= 0.6 is 0 Å². The lowest BCUT2D eigenvalue weighted by atomic mass is 9.86. The lowest BCUT2D eigenvalue weighted by Gasteiger charge is -2.58. The molecule has 0 spiro atoms. The number of para-hydroxylation sites is 2. The number of hydrogen-bond acceptors (Lipinski definition) is 26. The highest BCUT2D eigenvalue weighted by Crippen LogP contribution is 2.47. The van der Waals surface area contributed by atoms with Gasteiger partial charge in [-0.1, -0.05) is 48.1 Å². The van der Waals surface area contributed by atoms with Crippen LogP contribution in [0.1, 0.15) is 86.9 Å². The van der Waals surface area contributed by atoms with Gasteiger partial charge in [0.05, 0.1) is 65.9 Å². The molecule has 1 aliphatic carbocycles. The Kier molecular flexibility index (Phi) is 19.0. The Morgan fingerprint density at radius 3 is 1.53 bits per heavy atom. The highest BCUT2D eigenvalue weighted by molar-refractivity contribution is 5.83. The molecule has 9 unspecified atom stereocenters. The third-order valence-electron chi connectivity index (χ3n) is 26.0. The maximum atomic E-state index is 13.8. The Labute approximate surface area is 668 Å². The lowest BCUT2D eigenvalue weighted by Crippen LogP contribution is -2.69. The molecule has 3 aromatic carbocycles. The zero-order chi connectivity index (χ0) is 77.4. The Morgan fingerprint density at radius 1 is 0.487 bits per heavy atom. The number of phenols is 2. The van der Waals surface area contributed by atoms with Crippen LogP contribution in [-0.2, 0) is 16.1 Å². The largest absolute Gasteiger partial charge is 0.507 e. The number of anilines is 9. The molecule has 0 radical (unpaired) electrons. The number of nitrogen functional groups attached to an aromatic ring is 3. The number of aromatic nitrogens is 9. The Morgan fingerprint density at radius 2 is 0.983 bits per heavy atom. The molecule has 9 aromatic rings. The molecule has 6 bridgehead atoms. The molecule has 17 heterocycles. The van der Waals surface area contributed by atoms with E-state index in [9.17, 15) is 15.0 Å². The number of aromatic hydroxyl groups is 2. The number of piperazine rings is 3.